The number of methoxy groups -OCH3 is 2. The van der Waals surface area contributed by atoms with Crippen LogP contribution in [0.25, 0.3) is 0 Å². The van der Waals surface area contributed by atoms with Gasteiger partial charge in [0.25, 0.3) is 0 Å². The van der Waals surface area contributed by atoms with Crippen LogP contribution in [0.2, 0.25) is 0 Å². The minimum Gasteiger partial charge on any atom is -0.493 e. The third-order valence-electron chi connectivity index (χ3n) is 3.05. The van der Waals surface area contributed by atoms with Crippen molar-refractivity contribution in [1.29, 1.82) is 0 Å². The van der Waals surface area contributed by atoms with Gasteiger partial charge in [0.15, 0.2) is 28.9 Å². The number of hydrogen-bond donors (Lipinski definition) is 0. The highest BCUT2D eigenvalue weighted by atomic mass is 19.2. The summed E-state index contributed by atoms with van der Waals surface area (Å²) >= 11 is 0. The third kappa shape index (κ3) is 3.18. The molecule has 0 N–H and O–H groups in total. The van der Waals surface area contributed by atoms with Crippen molar-refractivity contribution in [2.75, 3.05) is 14.2 Å². The molecular weight excluding hydrogens is 278 g/mol. The summed E-state index contributed by atoms with van der Waals surface area (Å²) in [7, 11) is 2.91. The monoisotopic (exact) mass is 292 g/mol. The van der Waals surface area contributed by atoms with Crippen molar-refractivity contribution in [2.45, 2.75) is 6.42 Å². The first-order valence-electron chi connectivity index (χ1n) is 6.25. The normalized spacial score (nSPS) is 10.3. The SMILES string of the molecule is COc1cccc(C(=O)Cc2ccc(F)c(F)c2)c1OC. The van der Waals surface area contributed by atoms with Crippen LogP contribution in [0.15, 0.2) is 36.4 Å². The predicted molar refractivity (Wildman–Crippen MR) is 73.9 cm³/mol. The highest BCUT2D eigenvalue weighted by Gasteiger charge is 2.17. The fourth-order valence-corrected chi connectivity index (χ4v) is 2.04. The van der Waals surface area contributed by atoms with Crippen molar-refractivity contribution in [2.24, 2.45) is 0 Å². The molecule has 0 aliphatic rings. The van der Waals surface area contributed by atoms with Crippen molar-refractivity contribution in [3.05, 3.63) is 59.2 Å². The number of para-hydroxylation sites is 1. The lowest BCUT2D eigenvalue weighted by Crippen LogP contribution is -2.07. The molecule has 0 aliphatic carbocycles. The minimum absolute atomic E-state index is 0.0548. The van der Waals surface area contributed by atoms with Gasteiger partial charge in [-0.3, -0.25) is 4.79 Å². The van der Waals surface area contributed by atoms with Crippen LogP contribution in [0.4, 0.5) is 8.78 Å². The molecule has 0 heterocycles. The lowest BCUT2D eigenvalue weighted by atomic mass is 10.0. The van der Waals surface area contributed by atoms with Crippen molar-refractivity contribution in [3.8, 4) is 11.5 Å². The van der Waals surface area contributed by atoms with Gasteiger partial charge < -0.3 is 9.47 Å². The van der Waals surface area contributed by atoms with E-state index in [4.69, 9.17) is 9.47 Å². The molecule has 0 amide bonds. The molecule has 0 bridgehead atoms. The number of carbonyl (C=O) groups is 1. The zero-order valence-corrected chi connectivity index (χ0v) is 11.7. The van der Waals surface area contributed by atoms with Gasteiger partial charge in [0.05, 0.1) is 19.8 Å². The van der Waals surface area contributed by atoms with Crippen LogP contribution >= 0.6 is 0 Å². The number of halogens is 2. The van der Waals surface area contributed by atoms with Gasteiger partial charge in [-0.1, -0.05) is 12.1 Å². The molecule has 0 aliphatic heterocycles. The minimum atomic E-state index is -0.974. The Hall–Kier alpha value is -2.43. The van der Waals surface area contributed by atoms with Crippen LogP contribution < -0.4 is 9.47 Å². The molecule has 0 fully saturated rings. The van der Waals surface area contributed by atoms with Gasteiger partial charge in [-0.15, -0.1) is 0 Å². The Morgan fingerprint density at radius 3 is 2.43 bits per heavy atom. The molecule has 2 aromatic rings. The van der Waals surface area contributed by atoms with E-state index in [2.05, 4.69) is 0 Å². The second-order valence-corrected chi connectivity index (χ2v) is 4.39. The van der Waals surface area contributed by atoms with Crippen molar-refractivity contribution >= 4 is 5.78 Å². The number of benzene rings is 2. The largest absolute Gasteiger partial charge is 0.493 e. The second-order valence-electron chi connectivity index (χ2n) is 4.39. The maximum atomic E-state index is 13.2. The van der Waals surface area contributed by atoms with E-state index in [1.165, 1.54) is 20.3 Å². The summed E-state index contributed by atoms with van der Waals surface area (Å²) in [4.78, 5) is 12.3. The van der Waals surface area contributed by atoms with Crippen LogP contribution in [0, 0.1) is 11.6 Å². The molecule has 0 unspecified atom stereocenters. The Bertz CT molecular complexity index is 669. The Balaban J connectivity index is 2.30. The maximum absolute atomic E-state index is 13.2. The molecule has 0 saturated carbocycles. The highest BCUT2D eigenvalue weighted by molar-refractivity contribution is 6.00. The van der Waals surface area contributed by atoms with Gasteiger partial charge in [-0.2, -0.15) is 0 Å². The van der Waals surface area contributed by atoms with Crippen molar-refractivity contribution < 1.29 is 23.0 Å². The quantitative estimate of drug-likeness (QED) is 0.792. The number of ketones is 1. The van der Waals surface area contributed by atoms with Crippen LogP contribution in [-0.2, 0) is 6.42 Å². The van der Waals surface area contributed by atoms with Gasteiger partial charge in [0, 0.05) is 6.42 Å². The van der Waals surface area contributed by atoms with E-state index in [9.17, 15) is 13.6 Å². The number of Topliss-reactive ketones (excluding diaryl/α,β-unsaturated/α-hetero) is 1. The van der Waals surface area contributed by atoms with Gasteiger partial charge in [-0.25, -0.2) is 8.78 Å². The maximum Gasteiger partial charge on any atom is 0.171 e. The van der Waals surface area contributed by atoms with Crippen LogP contribution in [0.1, 0.15) is 15.9 Å². The molecule has 0 atom stereocenters. The molecule has 110 valence electrons. The molecule has 0 aromatic heterocycles. The predicted octanol–water partition coefficient (Wildman–Crippen LogP) is 3.41. The standard InChI is InChI=1S/C16H14F2O3/c1-20-15-5-3-4-11(16(15)21-2)14(19)9-10-6-7-12(17)13(18)8-10/h3-8H,9H2,1-2H3. The van der Waals surface area contributed by atoms with Gasteiger partial charge >= 0.3 is 0 Å². The topological polar surface area (TPSA) is 35.5 Å². The Labute approximate surface area is 121 Å². The average molecular weight is 292 g/mol. The first-order valence-corrected chi connectivity index (χ1v) is 6.25. The fraction of sp³-hybridized carbons (Fsp3) is 0.188. The molecule has 3 nitrogen and oxygen atoms in total. The molecule has 5 heteroatoms. The third-order valence-corrected chi connectivity index (χ3v) is 3.05. The summed E-state index contributed by atoms with van der Waals surface area (Å²) in [5, 5.41) is 0. The van der Waals surface area contributed by atoms with Crippen molar-refractivity contribution in [3.63, 3.8) is 0 Å². The van der Waals surface area contributed by atoms with Gasteiger partial charge in [-0.05, 0) is 29.8 Å². The lowest BCUT2D eigenvalue weighted by molar-refractivity contribution is 0.0989. The van der Waals surface area contributed by atoms with Crippen LogP contribution in [0.3, 0.4) is 0 Å². The first-order chi connectivity index (χ1) is 10.1. The van der Waals surface area contributed by atoms with E-state index in [0.717, 1.165) is 12.1 Å². The smallest absolute Gasteiger partial charge is 0.171 e. The number of carbonyl (C=O) groups excluding carboxylic acids is 1. The molecule has 0 radical (unpaired) electrons. The summed E-state index contributed by atoms with van der Waals surface area (Å²) in [6, 6.07) is 8.33. The summed E-state index contributed by atoms with van der Waals surface area (Å²) in [5.74, 6) is -1.42. The van der Waals surface area contributed by atoms with Gasteiger partial charge in [0.2, 0.25) is 0 Å². The van der Waals surface area contributed by atoms with E-state index in [1.807, 2.05) is 0 Å². The number of hydrogen-bond acceptors (Lipinski definition) is 3. The molecule has 0 spiro atoms. The fourth-order valence-electron chi connectivity index (χ4n) is 2.04. The zero-order valence-electron chi connectivity index (χ0n) is 11.7. The van der Waals surface area contributed by atoms with Crippen LogP contribution in [-0.4, -0.2) is 20.0 Å². The molecular formula is C16H14F2O3. The van der Waals surface area contributed by atoms with E-state index in [1.54, 1.807) is 18.2 Å². The van der Waals surface area contributed by atoms with Crippen LogP contribution in [0.5, 0.6) is 11.5 Å². The second kappa shape index (κ2) is 6.35. The number of ether oxygens (including phenoxy) is 2. The van der Waals surface area contributed by atoms with E-state index >= 15 is 0 Å². The van der Waals surface area contributed by atoms with E-state index in [-0.39, 0.29) is 12.2 Å². The highest BCUT2D eigenvalue weighted by Crippen LogP contribution is 2.31. The summed E-state index contributed by atoms with van der Waals surface area (Å²) in [6.45, 7) is 0. The molecule has 0 saturated heterocycles. The average Bonchev–Trinajstić information content (AvgIpc) is 2.49. The Morgan fingerprint density at radius 2 is 1.81 bits per heavy atom. The van der Waals surface area contributed by atoms with Gasteiger partial charge in [0.1, 0.15) is 0 Å². The summed E-state index contributed by atoms with van der Waals surface area (Å²) < 4.78 is 36.4. The van der Waals surface area contributed by atoms with Crippen molar-refractivity contribution in [1.82, 2.24) is 0 Å². The van der Waals surface area contributed by atoms with E-state index in [0.29, 0.717) is 22.6 Å². The Morgan fingerprint density at radius 1 is 1.05 bits per heavy atom. The molecule has 2 aromatic carbocycles. The zero-order chi connectivity index (χ0) is 15.4. The Kier molecular flexibility index (Phi) is 4.52. The number of rotatable bonds is 5. The first kappa shape index (κ1) is 15.0. The summed E-state index contributed by atoms with van der Waals surface area (Å²) in [6.07, 6.45) is -0.0548. The molecule has 2 rings (SSSR count). The lowest BCUT2D eigenvalue weighted by Gasteiger charge is -2.11. The van der Waals surface area contributed by atoms with E-state index < -0.39 is 11.6 Å². The molecule has 21 heavy (non-hydrogen) atoms. The summed E-state index contributed by atoms with van der Waals surface area (Å²) in [5.41, 5.74) is 0.727.